The van der Waals surface area contributed by atoms with Crippen molar-refractivity contribution >= 4 is 34.1 Å². The molecule has 0 radical (unpaired) electrons. The number of ketones is 1. The van der Waals surface area contributed by atoms with Gasteiger partial charge in [-0.25, -0.2) is 4.98 Å². The molecule has 0 fully saturated rings. The van der Waals surface area contributed by atoms with E-state index >= 15 is 0 Å². The van der Waals surface area contributed by atoms with Gasteiger partial charge in [0, 0.05) is 22.0 Å². The number of benzene rings is 1. The van der Waals surface area contributed by atoms with Crippen LogP contribution in [0.3, 0.4) is 0 Å². The molecule has 3 rings (SSSR count). The minimum Gasteiger partial charge on any atom is -0.464 e. The largest absolute Gasteiger partial charge is 0.464 e. The predicted octanol–water partition coefficient (Wildman–Crippen LogP) is 3.78. The van der Waals surface area contributed by atoms with E-state index in [2.05, 4.69) is 4.98 Å². The van der Waals surface area contributed by atoms with Gasteiger partial charge in [0.15, 0.2) is 18.3 Å². The van der Waals surface area contributed by atoms with Crippen molar-refractivity contribution in [3.63, 3.8) is 0 Å². The minimum absolute atomic E-state index is 0.00361. The second-order valence-corrected chi connectivity index (χ2v) is 7.28. The molecule has 1 aromatic carbocycles. The van der Waals surface area contributed by atoms with Crippen LogP contribution in [0.15, 0.2) is 28.2 Å². The van der Waals surface area contributed by atoms with Crippen LogP contribution in [0.25, 0.3) is 11.0 Å². The summed E-state index contributed by atoms with van der Waals surface area (Å²) in [5.41, 5.74) is 4.37. The Hall–Kier alpha value is -2.98. The van der Waals surface area contributed by atoms with E-state index in [-0.39, 0.29) is 6.42 Å². The molecule has 7 heteroatoms. The Morgan fingerprint density at radius 3 is 2.70 bits per heavy atom. The van der Waals surface area contributed by atoms with Gasteiger partial charge in [0.2, 0.25) is 0 Å². The molecule has 3 aromatic rings. The Morgan fingerprint density at radius 2 is 2.04 bits per heavy atom. The number of fused-ring (bicyclic) bond motifs is 1. The van der Waals surface area contributed by atoms with E-state index in [1.807, 2.05) is 32.0 Å². The standard InChI is InChI=1S/C20H18N2O4S/c1-11-4-15-14(8-25-18(15)5-12(11)2)6-19(24)26-9-17(23)16(7-21)20-22-13(3)10-27-20/h4-5,8,10,16H,6,9H2,1-3H3/t16-/m1/s1. The molecule has 0 saturated heterocycles. The number of aromatic nitrogens is 1. The number of carbonyl (C=O) groups is 2. The molecular weight excluding hydrogens is 364 g/mol. The molecule has 0 aliphatic rings. The molecular formula is C20H18N2O4S. The summed E-state index contributed by atoms with van der Waals surface area (Å²) < 4.78 is 10.6. The number of hydrogen-bond donors (Lipinski definition) is 0. The number of hydrogen-bond acceptors (Lipinski definition) is 7. The van der Waals surface area contributed by atoms with Gasteiger partial charge >= 0.3 is 5.97 Å². The summed E-state index contributed by atoms with van der Waals surface area (Å²) in [5.74, 6) is -2.04. The van der Waals surface area contributed by atoms with Crippen LogP contribution in [0, 0.1) is 32.1 Å². The number of Topliss-reactive ketones (excluding diaryl/α,β-unsaturated/α-hetero) is 1. The summed E-state index contributed by atoms with van der Waals surface area (Å²) in [5, 5.41) is 12.3. The molecule has 2 aromatic heterocycles. The molecule has 0 bridgehead atoms. The number of nitrogens with zero attached hydrogens (tertiary/aromatic N) is 2. The zero-order chi connectivity index (χ0) is 19.6. The Bertz CT molecular complexity index is 1060. The number of rotatable bonds is 6. The Kier molecular flexibility index (Phi) is 5.38. The fourth-order valence-corrected chi connectivity index (χ4v) is 3.55. The third kappa shape index (κ3) is 4.07. The first kappa shape index (κ1) is 18.8. The minimum atomic E-state index is -1.02. The molecule has 0 unspecified atom stereocenters. The molecule has 0 aliphatic carbocycles. The first-order valence-electron chi connectivity index (χ1n) is 8.36. The van der Waals surface area contributed by atoms with E-state index in [9.17, 15) is 14.9 Å². The average Bonchev–Trinajstić information content (AvgIpc) is 3.21. The van der Waals surface area contributed by atoms with E-state index in [0.717, 1.165) is 22.2 Å². The molecule has 1 atom stereocenters. The number of thiazole rings is 1. The molecule has 138 valence electrons. The first-order valence-corrected chi connectivity index (χ1v) is 9.24. The van der Waals surface area contributed by atoms with Crippen LogP contribution < -0.4 is 0 Å². The smallest absolute Gasteiger partial charge is 0.310 e. The van der Waals surface area contributed by atoms with Gasteiger partial charge in [0.1, 0.15) is 10.6 Å². The van der Waals surface area contributed by atoms with E-state index in [4.69, 9.17) is 9.15 Å². The molecule has 2 heterocycles. The average molecular weight is 382 g/mol. The highest BCUT2D eigenvalue weighted by Crippen LogP contribution is 2.25. The summed E-state index contributed by atoms with van der Waals surface area (Å²) in [6.45, 7) is 5.32. The summed E-state index contributed by atoms with van der Waals surface area (Å²) in [6, 6.07) is 5.83. The van der Waals surface area contributed by atoms with Crippen LogP contribution in [0.1, 0.15) is 33.3 Å². The third-order valence-electron chi connectivity index (χ3n) is 4.32. The van der Waals surface area contributed by atoms with Gasteiger partial charge in [0.05, 0.1) is 18.8 Å². The second-order valence-electron chi connectivity index (χ2n) is 6.39. The highest BCUT2D eigenvalue weighted by molar-refractivity contribution is 7.09. The summed E-state index contributed by atoms with van der Waals surface area (Å²) in [6.07, 6.45) is 1.53. The van der Waals surface area contributed by atoms with Gasteiger partial charge in [-0.2, -0.15) is 5.26 Å². The molecule has 0 N–H and O–H groups in total. The van der Waals surface area contributed by atoms with Crippen LogP contribution in [0.5, 0.6) is 0 Å². The van der Waals surface area contributed by atoms with Gasteiger partial charge in [-0.3, -0.25) is 9.59 Å². The number of aryl methyl sites for hydroxylation is 3. The van der Waals surface area contributed by atoms with Crippen molar-refractivity contribution < 1.29 is 18.7 Å². The van der Waals surface area contributed by atoms with Crippen molar-refractivity contribution in [2.45, 2.75) is 33.1 Å². The topological polar surface area (TPSA) is 93.2 Å². The van der Waals surface area contributed by atoms with Crippen LogP contribution in [0.4, 0.5) is 0 Å². The first-order chi connectivity index (χ1) is 12.9. The van der Waals surface area contributed by atoms with Crippen molar-refractivity contribution in [3.05, 3.63) is 51.2 Å². The van der Waals surface area contributed by atoms with E-state index < -0.39 is 24.3 Å². The van der Waals surface area contributed by atoms with Gasteiger partial charge in [-0.1, -0.05) is 0 Å². The van der Waals surface area contributed by atoms with E-state index in [1.165, 1.54) is 17.6 Å². The molecule has 6 nitrogen and oxygen atoms in total. The molecule has 0 saturated carbocycles. The fraction of sp³-hybridized carbons (Fsp3) is 0.300. The zero-order valence-electron chi connectivity index (χ0n) is 15.2. The molecule has 0 spiro atoms. The summed E-state index contributed by atoms with van der Waals surface area (Å²) in [4.78, 5) is 28.5. The number of esters is 1. The maximum atomic E-state index is 12.2. The summed E-state index contributed by atoms with van der Waals surface area (Å²) >= 11 is 1.25. The van der Waals surface area contributed by atoms with Crippen LogP contribution >= 0.6 is 11.3 Å². The molecule has 0 amide bonds. The SMILES string of the molecule is Cc1csc([C@H](C#N)C(=O)COC(=O)Cc2coc3cc(C)c(C)cc23)n1. The van der Waals surface area contributed by atoms with Crippen molar-refractivity contribution in [1.82, 2.24) is 4.98 Å². The lowest BCUT2D eigenvalue weighted by atomic mass is 10.0. The lowest BCUT2D eigenvalue weighted by Gasteiger charge is -2.07. The van der Waals surface area contributed by atoms with Gasteiger partial charge in [-0.05, 0) is 44.0 Å². The summed E-state index contributed by atoms with van der Waals surface area (Å²) in [7, 11) is 0. The fourth-order valence-electron chi connectivity index (χ4n) is 2.68. The normalized spacial score (nSPS) is 11.9. The van der Waals surface area contributed by atoms with Crippen molar-refractivity contribution in [2.75, 3.05) is 6.61 Å². The quantitative estimate of drug-likeness (QED) is 0.602. The van der Waals surface area contributed by atoms with Crippen LogP contribution in [0.2, 0.25) is 0 Å². The third-order valence-corrected chi connectivity index (χ3v) is 5.34. The van der Waals surface area contributed by atoms with E-state index in [1.54, 1.807) is 12.3 Å². The lowest BCUT2D eigenvalue weighted by Crippen LogP contribution is -2.20. The number of furan rings is 1. The van der Waals surface area contributed by atoms with Crippen molar-refractivity contribution in [1.29, 1.82) is 5.26 Å². The lowest BCUT2D eigenvalue weighted by molar-refractivity contribution is -0.147. The Balaban J connectivity index is 1.64. The van der Waals surface area contributed by atoms with Crippen molar-refractivity contribution in [3.8, 4) is 6.07 Å². The van der Waals surface area contributed by atoms with Gasteiger partial charge in [-0.15, -0.1) is 11.3 Å². The highest BCUT2D eigenvalue weighted by atomic mass is 32.1. The predicted molar refractivity (Wildman–Crippen MR) is 101 cm³/mol. The van der Waals surface area contributed by atoms with Gasteiger partial charge < -0.3 is 9.15 Å². The van der Waals surface area contributed by atoms with Crippen molar-refractivity contribution in [2.24, 2.45) is 0 Å². The maximum Gasteiger partial charge on any atom is 0.310 e. The second kappa shape index (κ2) is 7.72. The Morgan fingerprint density at radius 1 is 1.30 bits per heavy atom. The van der Waals surface area contributed by atoms with Gasteiger partial charge in [0.25, 0.3) is 0 Å². The number of nitriles is 1. The number of ether oxygens (including phenoxy) is 1. The zero-order valence-corrected chi connectivity index (χ0v) is 16.1. The monoisotopic (exact) mass is 382 g/mol. The Labute approximate surface area is 160 Å². The molecule has 27 heavy (non-hydrogen) atoms. The maximum absolute atomic E-state index is 12.2. The van der Waals surface area contributed by atoms with Crippen LogP contribution in [-0.4, -0.2) is 23.3 Å². The molecule has 0 aliphatic heterocycles. The van der Waals surface area contributed by atoms with E-state index in [0.29, 0.717) is 16.2 Å². The number of carbonyl (C=O) groups excluding carboxylic acids is 2. The van der Waals surface area contributed by atoms with Crippen LogP contribution in [-0.2, 0) is 20.7 Å². The highest BCUT2D eigenvalue weighted by Gasteiger charge is 2.24.